The summed E-state index contributed by atoms with van der Waals surface area (Å²) in [5, 5.41) is 0. The van der Waals surface area contributed by atoms with Gasteiger partial charge in [0.25, 0.3) is 0 Å². The first-order valence-electron chi connectivity index (χ1n) is 3.80. The van der Waals surface area contributed by atoms with Gasteiger partial charge in [0.1, 0.15) is 12.9 Å². The zero-order chi connectivity index (χ0) is 9.07. The SMILES string of the molecule is [K+].[NH-]CCOC/C=C\COCC=O. The first-order valence-corrected chi connectivity index (χ1v) is 3.80. The van der Waals surface area contributed by atoms with Crippen LogP contribution >= 0.6 is 0 Å². The molecule has 0 aromatic heterocycles. The van der Waals surface area contributed by atoms with Gasteiger partial charge in [-0.1, -0.05) is 12.2 Å². The molecule has 0 aliphatic carbocycles. The summed E-state index contributed by atoms with van der Waals surface area (Å²) in [5.74, 6) is 0. The second-order valence-electron chi connectivity index (χ2n) is 2.00. The summed E-state index contributed by atoms with van der Waals surface area (Å²) in [6.07, 6.45) is 4.30. The molecule has 0 unspecified atom stereocenters. The van der Waals surface area contributed by atoms with Crippen molar-refractivity contribution in [2.24, 2.45) is 0 Å². The van der Waals surface area contributed by atoms with Crippen molar-refractivity contribution < 1.29 is 65.7 Å². The van der Waals surface area contributed by atoms with E-state index in [-0.39, 0.29) is 64.5 Å². The molecule has 0 bridgehead atoms. The molecule has 0 saturated carbocycles. The molecule has 70 valence electrons. The normalized spacial score (nSPS) is 9.92. The molecule has 5 heteroatoms. The van der Waals surface area contributed by atoms with Crippen molar-refractivity contribution in [3.8, 4) is 0 Å². The minimum Gasteiger partial charge on any atom is -0.676 e. The number of hydrogen-bond donors (Lipinski definition) is 0. The van der Waals surface area contributed by atoms with Crippen LogP contribution in [0.3, 0.4) is 0 Å². The molecular formula is C8H14KNO3. The second-order valence-corrected chi connectivity index (χ2v) is 2.00. The fourth-order valence-corrected chi connectivity index (χ4v) is 0.544. The molecule has 0 rings (SSSR count). The van der Waals surface area contributed by atoms with Gasteiger partial charge in [-0.15, -0.1) is 6.54 Å². The second kappa shape index (κ2) is 15.4. The van der Waals surface area contributed by atoms with E-state index in [1.54, 1.807) is 12.2 Å². The molecule has 0 aromatic carbocycles. The largest absolute Gasteiger partial charge is 1.00 e. The Bertz CT molecular complexity index is 131. The van der Waals surface area contributed by atoms with Gasteiger partial charge in [-0.3, -0.25) is 0 Å². The van der Waals surface area contributed by atoms with Gasteiger partial charge in [0, 0.05) is 6.61 Å². The topological polar surface area (TPSA) is 59.3 Å². The third-order valence-corrected chi connectivity index (χ3v) is 1.03. The van der Waals surface area contributed by atoms with Crippen LogP contribution in [-0.4, -0.2) is 39.3 Å². The number of nitrogens with one attached hydrogen (secondary N) is 1. The van der Waals surface area contributed by atoms with E-state index >= 15 is 0 Å². The molecule has 0 amide bonds. The Balaban J connectivity index is 0. The van der Waals surface area contributed by atoms with E-state index in [0.717, 1.165) is 0 Å². The van der Waals surface area contributed by atoms with Gasteiger partial charge in [-0.05, 0) is 0 Å². The molecule has 0 radical (unpaired) electrons. The number of carbonyl (C=O) groups is 1. The van der Waals surface area contributed by atoms with Gasteiger partial charge in [-0.25, -0.2) is 0 Å². The van der Waals surface area contributed by atoms with Gasteiger partial charge >= 0.3 is 51.4 Å². The minimum atomic E-state index is 0. The van der Waals surface area contributed by atoms with Gasteiger partial charge in [0.15, 0.2) is 0 Å². The third kappa shape index (κ3) is 15.7. The zero-order valence-corrected chi connectivity index (χ0v) is 11.1. The quantitative estimate of drug-likeness (QED) is 0.199. The first-order chi connectivity index (χ1) is 5.91. The van der Waals surface area contributed by atoms with Crippen LogP contribution in [0.25, 0.3) is 5.73 Å². The van der Waals surface area contributed by atoms with E-state index in [1.807, 2.05) is 0 Å². The Morgan fingerprint density at radius 1 is 1.08 bits per heavy atom. The van der Waals surface area contributed by atoms with Crippen LogP contribution in [0.2, 0.25) is 0 Å². The molecule has 0 aliphatic rings. The Morgan fingerprint density at radius 3 is 2.23 bits per heavy atom. The summed E-state index contributed by atoms with van der Waals surface area (Å²) >= 11 is 0. The van der Waals surface area contributed by atoms with E-state index in [9.17, 15) is 4.79 Å². The molecule has 13 heavy (non-hydrogen) atoms. The number of carbonyl (C=O) groups excluding carboxylic acids is 1. The Kier molecular flexibility index (Phi) is 19.4. The van der Waals surface area contributed by atoms with E-state index in [0.29, 0.717) is 26.1 Å². The average Bonchev–Trinajstić information content (AvgIpc) is 2.10. The van der Waals surface area contributed by atoms with Crippen LogP contribution in [0, 0.1) is 0 Å². The smallest absolute Gasteiger partial charge is 0.676 e. The van der Waals surface area contributed by atoms with Crippen LogP contribution in [0.1, 0.15) is 0 Å². The average molecular weight is 211 g/mol. The Labute approximate surface area is 121 Å². The van der Waals surface area contributed by atoms with E-state index < -0.39 is 0 Å². The Hall–Kier alpha value is 0.926. The predicted molar refractivity (Wildman–Crippen MR) is 46.0 cm³/mol. The van der Waals surface area contributed by atoms with Gasteiger partial charge in [0.05, 0.1) is 13.2 Å². The summed E-state index contributed by atoms with van der Waals surface area (Å²) in [4.78, 5) is 9.78. The molecular weight excluding hydrogens is 197 g/mol. The molecule has 0 spiro atoms. The number of rotatable bonds is 8. The van der Waals surface area contributed by atoms with Crippen molar-refractivity contribution in [2.75, 3.05) is 33.0 Å². The van der Waals surface area contributed by atoms with Crippen molar-refractivity contribution in [2.45, 2.75) is 0 Å². The molecule has 0 aromatic rings. The fraction of sp³-hybridized carbons (Fsp3) is 0.625. The van der Waals surface area contributed by atoms with Crippen molar-refractivity contribution in [1.29, 1.82) is 0 Å². The molecule has 0 heterocycles. The van der Waals surface area contributed by atoms with Crippen LogP contribution in [0.5, 0.6) is 0 Å². The van der Waals surface area contributed by atoms with Crippen molar-refractivity contribution >= 4 is 6.29 Å². The van der Waals surface area contributed by atoms with E-state index in [2.05, 4.69) is 0 Å². The molecule has 0 fully saturated rings. The van der Waals surface area contributed by atoms with Gasteiger partial charge in [-0.2, -0.15) is 0 Å². The maximum absolute atomic E-state index is 9.78. The van der Waals surface area contributed by atoms with E-state index in [4.69, 9.17) is 15.2 Å². The molecule has 0 atom stereocenters. The van der Waals surface area contributed by atoms with Crippen LogP contribution in [0.4, 0.5) is 0 Å². The third-order valence-electron chi connectivity index (χ3n) is 1.03. The van der Waals surface area contributed by atoms with Crippen molar-refractivity contribution in [3.05, 3.63) is 17.9 Å². The van der Waals surface area contributed by atoms with Gasteiger partial charge in [0.2, 0.25) is 0 Å². The number of ether oxygens (including phenoxy) is 2. The minimum absolute atomic E-state index is 0. The summed E-state index contributed by atoms with van der Waals surface area (Å²) < 4.78 is 9.83. The molecule has 4 nitrogen and oxygen atoms in total. The Morgan fingerprint density at radius 2 is 1.69 bits per heavy atom. The summed E-state index contributed by atoms with van der Waals surface area (Å²) in [6, 6.07) is 0. The van der Waals surface area contributed by atoms with Crippen LogP contribution in [0.15, 0.2) is 12.2 Å². The molecule has 0 saturated heterocycles. The fourth-order valence-electron chi connectivity index (χ4n) is 0.544. The summed E-state index contributed by atoms with van der Waals surface area (Å²) in [6.45, 7) is 1.82. The standard InChI is InChI=1S/C8H14NO3.K/c9-3-7-11-5-1-2-6-12-8-4-10;/h1-2,4,9H,3,5-8H2;/q-1;+1/b2-1-;. The van der Waals surface area contributed by atoms with Crippen molar-refractivity contribution in [1.82, 2.24) is 0 Å². The molecule has 1 N–H and O–H groups in total. The number of aldehydes is 1. The summed E-state index contributed by atoms with van der Waals surface area (Å²) in [5.41, 5.74) is 6.76. The van der Waals surface area contributed by atoms with Gasteiger partial charge < -0.3 is 20.0 Å². The monoisotopic (exact) mass is 211 g/mol. The number of hydrogen-bond acceptors (Lipinski definition) is 3. The van der Waals surface area contributed by atoms with E-state index in [1.165, 1.54) is 0 Å². The van der Waals surface area contributed by atoms with Crippen LogP contribution in [-0.2, 0) is 14.3 Å². The zero-order valence-electron chi connectivity index (χ0n) is 7.99. The maximum atomic E-state index is 9.78. The van der Waals surface area contributed by atoms with Crippen LogP contribution < -0.4 is 51.4 Å². The van der Waals surface area contributed by atoms with Crippen molar-refractivity contribution in [3.63, 3.8) is 0 Å². The predicted octanol–water partition coefficient (Wildman–Crippen LogP) is -2.17. The summed E-state index contributed by atoms with van der Waals surface area (Å²) in [7, 11) is 0. The first kappa shape index (κ1) is 16.4. The molecule has 0 aliphatic heterocycles. The maximum Gasteiger partial charge on any atom is 1.00 e.